The van der Waals surface area contributed by atoms with E-state index in [0.29, 0.717) is 12.8 Å². The number of amides is 1. The monoisotopic (exact) mass is 261 g/mol. The number of nitrogens with one attached hydrogen (secondary N) is 1. The van der Waals surface area contributed by atoms with Gasteiger partial charge in [-0.15, -0.1) is 0 Å². The molecule has 0 unspecified atom stereocenters. The van der Waals surface area contributed by atoms with E-state index < -0.39 is 30.2 Å². The van der Waals surface area contributed by atoms with E-state index in [4.69, 9.17) is 0 Å². The molecule has 1 rings (SSSR count). The summed E-state index contributed by atoms with van der Waals surface area (Å²) in [5.74, 6) is -7.83. The van der Waals surface area contributed by atoms with Crippen LogP contribution in [0.5, 0.6) is 0 Å². The summed E-state index contributed by atoms with van der Waals surface area (Å²) in [6, 6.07) is -1.04. The van der Waals surface area contributed by atoms with E-state index in [1.165, 1.54) is 0 Å². The van der Waals surface area contributed by atoms with Crippen LogP contribution in [0.2, 0.25) is 0 Å². The van der Waals surface area contributed by atoms with Crippen molar-refractivity contribution in [2.45, 2.75) is 49.9 Å². The van der Waals surface area contributed by atoms with Crippen LogP contribution in [0.3, 0.4) is 0 Å². The van der Waals surface area contributed by atoms with Crippen molar-refractivity contribution in [2.24, 2.45) is 0 Å². The van der Waals surface area contributed by atoms with E-state index in [-0.39, 0.29) is 12.8 Å². The van der Waals surface area contributed by atoms with Gasteiger partial charge >= 0.3 is 18.0 Å². The maximum atomic E-state index is 12.6. The number of hydrogen-bond donors (Lipinski definition) is 2. The molecule has 1 aliphatic carbocycles. The first-order chi connectivity index (χ1) is 7.66. The molecule has 2 N–H and O–H groups in total. The molecule has 1 amide bonds. The van der Waals surface area contributed by atoms with Crippen molar-refractivity contribution < 1.29 is 31.9 Å². The number of hydrogen-bond acceptors (Lipinski definition) is 2. The summed E-state index contributed by atoms with van der Waals surface area (Å²) in [5, 5.41) is 10.9. The van der Waals surface area contributed by atoms with Crippen LogP contribution >= 0.6 is 0 Å². The third-order valence-electron chi connectivity index (χ3n) is 2.69. The van der Waals surface area contributed by atoms with Crippen LogP contribution in [-0.4, -0.2) is 35.3 Å². The first-order valence-corrected chi connectivity index (χ1v) is 5.10. The standard InChI is InChI=1S/C9H12F5NO2/c10-8(11,9(12,13)14)7(17)15-5-3-1-2-4-6(5)16/h5-6,16H,1-4H2,(H,15,17)/t5-,6-/m0/s1. The highest BCUT2D eigenvalue weighted by atomic mass is 19.4. The predicted molar refractivity (Wildman–Crippen MR) is 47.4 cm³/mol. The van der Waals surface area contributed by atoms with Gasteiger partial charge in [0.1, 0.15) is 0 Å². The van der Waals surface area contributed by atoms with E-state index in [1.807, 2.05) is 0 Å². The Morgan fingerprint density at radius 1 is 1.12 bits per heavy atom. The third-order valence-corrected chi connectivity index (χ3v) is 2.69. The van der Waals surface area contributed by atoms with E-state index in [2.05, 4.69) is 0 Å². The van der Waals surface area contributed by atoms with Gasteiger partial charge in [0, 0.05) is 0 Å². The second-order valence-electron chi connectivity index (χ2n) is 4.00. The molecule has 8 heteroatoms. The molecule has 0 saturated heterocycles. The van der Waals surface area contributed by atoms with Crippen LogP contribution in [-0.2, 0) is 4.79 Å². The highest BCUT2D eigenvalue weighted by Gasteiger charge is 2.63. The van der Waals surface area contributed by atoms with Crippen molar-refractivity contribution in [3.8, 4) is 0 Å². The Hall–Kier alpha value is -0.920. The lowest BCUT2D eigenvalue weighted by molar-refractivity contribution is -0.270. The molecule has 3 nitrogen and oxygen atoms in total. The van der Waals surface area contributed by atoms with Crippen LogP contribution in [0.15, 0.2) is 0 Å². The van der Waals surface area contributed by atoms with Gasteiger partial charge in [-0.2, -0.15) is 22.0 Å². The van der Waals surface area contributed by atoms with Crippen molar-refractivity contribution in [1.82, 2.24) is 5.32 Å². The number of aliphatic hydroxyl groups is 1. The van der Waals surface area contributed by atoms with Gasteiger partial charge in [-0.3, -0.25) is 4.79 Å². The van der Waals surface area contributed by atoms with Crippen LogP contribution in [0.4, 0.5) is 22.0 Å². The average Bonchev–Trinajstić information content (AvgIpc) is 2.19. The van der Waals surface area contributed by atoms with Crippen LogP contribution < -0.4 is 5.32 Å². The number of carbonyl (C=O) groups excluding carboxylic acids is 1. The maximum absolute atomic E-state index is 12.6. The Kier molecular flexibility index (Phi) is 3.95. The van der Waals surface area contributed by atoms with Crippen LogP contribution in [0.25, 0.3) is 0 Å². The molecule has 0 aromatic carbocycles. The fraction of sp³-hybridized carbons (Fsp3) is 0.889. The molecule has 0 aromatic heterocycles. The van der Waals surface area contributed by atoms with Gasteiger partial charge in [-0.25, -0.2) is 0 Å². The van der Waals surface area contributed by atoms with Crippen molar-refractivity contribution >= 4 is 5.91 Å². The molecular weight excluding hydrogens is 249 g/mol. The lowest BCUT2D eigenvalue weighted by Gasteiger charge is -2.30. The number of carbonyl (C=O) groups is 1. The van der Waals surface area contributed by atoms with Gasteiger partial charge in [0.25, 0.3) is 0 Å². The predicted octanol–water partition coefficient (Wildman–Crippen LogP) is 1.60. The first-order valence-electron chi connectivity index (χ1n) is 5.10. The molecule has 0 bridgehead atoms. The quantitative estimate of drug-likeness (QED) is 0.742. The summed E-state index contributed by atoms with van der Waals surface area (Å²) in [6.45, 7) is 0. The van der Waals surface area contributed by atoms with Crippen molar-refractivity contribution in [1.29, 1.82) is 0 Å². The molecule has 0 heterocycles. The zero-order valence-electron chi connectivity index (χ0n) is 8.73. The summed E-state index contributed by atoms with van der Waals surface area (Å²) in [5.41, 5.74) is 0. The van der Waals surface area contributed by atoms with Crippen molar-refractivity contribution in [2.75, 3.05) is 0 Å². The first kappa shape index (κ1) is 14.1. The minimum Gasteiger partial charge on any atom is -0.391 e. The Balaban J connectivity index is 2.65. The summed E-state index contributed by atoms with van der Waals surface area (Å²) in [4.78, 5) is 10.8. The minimum absolute atomic E-state index is 0.195. The highest BCUT2D eigenvalue weighted by molar-refractivity contribution is 5.84. The minimum atomic E-state index is -5.92. The second kappa shape index (κ2) is 4.75. The van der Waals surface area contributed by atoms with Gasteiger partial charge < -0.3 is 10.4 Å². The molecule has 0 aromatic rings. The molecule has 1 aliphatic rings. The van der Waals surface area contributed by atoms with Crippen LogP contribution in [0.1, 0.15) is 25.7 Å². The average molecular weight is 261 g/mol. The lowest BCUT2D eigenvalue weighted by atomic mass is 9.92. The van der Waals surface area contributed by atoms with Crippen molar-refractivity contribution in [3.63, 3.8) is 0 Å². The zero-order chi connectivity index (χ0) is 13.3. The summed E-state index contributed by atoms with van der Waals surface area (Å²) in [6.07, 6.45) is -5.29. The number of rotatable bonds is 2. The largest absolute Gasteiger partial charge is 0.463 e. The number of alkyl halides is 5. The van der Waals surface area contributed by atoms with Crippen LogP contribution in [0, 0.1) is 0 Å². The smallest absolute Gasteiger partial charge is 0.391 e. The summed E-state index contributed by atoms with van der Waals surface area (Å²) >= 11 is 0. The molecule has 17 heavy (non-hydrogen) atoms. The van der Waals surface area contributed by atoms with E-state index >= 15 is 0 Å². The number of halogens is 5. The summed E-state index contributed by atoms with van der Waals surface area (Å²) < 4.78 is 60.8. The third kappa shape index (κ3) is 3.05. The van der Waals surface area contributed by atoms with Gasteiger partial charge in [0.05, 0.1) is 12.1 Å². The molecular formula is C9H12F5NO2. The van der Waals surface area contributed by atoms with Crippen molar-refractivity contribution in [3.05, 3.63) is 0 Å². The maximum Gasteiger partial charge on any atom is 0.463 e. The molecule has 0 spiro atoms. The highest BCUT2D eigenvalue weighted by Crippen LogP contribution is 2.35. The number of aliphatic hydroxyl groups excluding tert-OH is 1. The summed E-state index contributed by atoms with van der Waals surface area (Å²) in [7, 11) is 0. The van der Waals surface area contributed by atoms with Gasteiger partial charge in [-0.1, -0.05) is 12.8 Å². The van der Waals surface area contributed by atoms with Gasteiger partial charge in [-0.05, 0) is 12.8 Å². The molecule has 1 saturated carbocycles. The van der Waals surface area contributed by atoms with E-state index in [1.54, 1.807) is 5.32 Å². The Bertz CT molecular complexity index is 292. The molecule has 0 aliphatic heterocycles. The molecule has 0 radical (unpaired) electrons. The van der Waals surface area contributed by atoms with E-state index in [9.17, 15) is 31.9 Å². The Labute approximate surface area is 94.0 Å². The zero-order valence-corrected chi connectivity index (χ0v) is 8.73. The SMILES string of the molecule is O=C(N[C@H]1CCCC[C@@H]1O)C(F)(F)C(F)(F)F. The second-order valence-corrected chi connectivity index (χ2v) is 4.00. The Morgan fingerprint density at radius 3 is 2.12 bits per heavy atom. The fourth-order valence-electron chi connectivity index (χ4n) is 1.67. The lowest BCUT2D eigenvalue weighted by Crippen LogP contribution is -2.55. The normalized spacial score (nSPS) is 26.7. The van der Waals surface area contributed by atoms with Gasteiger partial charge in [0.2, 0.25) is 0 Å². The fourth-order valence-corrected chi connectivity index (χ4v) is 1.67. The Morgan fingerprint density at radius 2 is 1.65 bits per heavy atom. The molecule has 100 valence electrons. The topological polar surface area (TPSA) is 49.3 Å². The van der Waals surface area contributed by atoms with Gasteiger partial charge in [0.15, 0.2) is 0 Å². The molecule has 2 atom stereocenters. The van der Waals surface area contributed by atoms with E-state index in [0.717, 1.165) is 0 Å². The molecule has 1 fully saturated rings.